The molecule has 2 saturated heterocycles. The number of nitrogens with one attached hydrogen (secondary N) is 3. The number of nitrogens with zero attached hydrogens (tertiary/aromatic N) is 1. The van der Waals surface area contributed by atoms with Gasteiger partial charge in [0.25, 0.3) is 0 Å². The van der Waals surface area contributed by atoms with Crippen LogP contribution in [0, 0.1) is 5.41 Å². The lowest BCUT2D eigenvalue weighted by Gasteiger charge is -2.26. The quantitative estimate of drug-likeness (QED) is 0.105. The van der Waals surface area contributed by atoms with E-state index in [4.69, 9.17) is 25.4 Å². The molecule has 2 aromatic carbocycles. The number of amides is 3. The second kappa shape index (κ2) is 16.0. The van der Waals surface area contributed by atoms with Crippen LogP contribution in [0.5, 0.6) is 5.75 Å². The van der Waals surface area contributed by atoms with E-state index in [1.165, 1.54) is 22.7 Å². The predicted molar refractivity (Wildman–Crippen MR) is 167 cm³/mol. The highest BCUT2D eigenvalue weighted by Gasteiger charge is 2.52. The van der Waals surface area contributed by atoms with Crippen LogP contribution >= 0.6 is 11.3 Å². The van der Waals surface area contributed by atoms with Gasteiger partial charge in [-0.05, 0) is 30.2 Å². The minimum absolute atomic E-state index is 0.0525. The first-order chi connectivity index (χ1) is 21.4. The molecule has 5 N–H and O–H groups in total. The fourth-order valence-electron chi connectivity index (χ4n) is 4.97. The van der Waals surface area contributed by atoms with Crippen molar-refractivity contribution in [3.05, 3.63) is 88.1 Å². The average molecular weight is 622 g/mol. The lowest BCUT2D eigenvalue weighted by Crippen LogP contribution is -2.49. The van der Waals surface area contributed by atoms with Gasteiger partial charge >= 0.3 is 0 Å². The van der Waals surface area contributed by atoms with E-state index in [0.29, 0.717) is 25.2 Å². The molecule has 3 amide bonds. The van der Waals surface area contributed by atoms with E-state index in [9.17, 15) is 14.4 Å². The van der Waals surface area contributed by atoms with Crippen molar-refractivity contribution in [2.75, 3.05) is 32.9 Å². The van der Waals surface area contributed by atoms with Crippen LogP contribution in [0.25, 0.3) is 0 Å². The van der Waals surface area contributed by atoms with E-state index in [2.05, 4.69) is 17.6 Å². The molecular weight excluding hydrogens is 582 g/mol. The number of carbonyl (C=O) groups excluding carboxylic acids is 3. The second-order valence-electron chi connectivity index (χ2n) is 10.4. The van der Waals surface area contributed by atoms with E-state index >= 15 is 0 Å². The molecule has 0 aliphatic carbocycles. The van der Waals surface area contributed by atoms with Crippen molar-refractivity contribution in [2.45, 2.75) is 44.1 Å². The minimum atomic E-state index is -1.02. The third-order valence-electron chi connectivity index (χ3n) is 7.21. The van der Waals surface area contributed by atoms with Gasteiger partial charge in [-0.25, -0.2) is 0 Å². The summed E-state index contributed by atoms with van der Waals surface area (Å²) in [5, 5.41) is 14.9. The van der Waals surface area contributed by atoms with Crippen molar-refractivity contribution < 1.29 is 28.6 Å². The number of amidine groups is 1. The number of unbranched alkanes of at least 4 members (excludes halogenated alkanes) is 1. The largest absolute Gasteiger partial charge is 0.494 e. The Morgan fingerprint density at radius 1 is 1.16 bits per heavy atom. The molecule has 2 fully saturated rings. The molecule has 1 aromatic heterocycles. The van der Waals surface area contributed by atoms with Crippen molar-refractivity contribution in [3.63, 3.8) is 0 Å². The fraction of sp³-hybridized carbons (Fsp3) is 0.375. The molecule has 0 saturated carbocycles. The number of nitrogen functional groups attached to an aromatic ring is 1. The highest BCUT2D eigenvalue weighted by Crippen LogP contribution is 2.36. The number of carbonyl (C=O) groups is 3. The van der Waals surface area contributed by atoms with Crippen molar-refractivity contribution in [3.8, 4) is 5.75 Å². The van der Waals surface area contributed by atoms with Crippen molar-refractivity contribution in [1.29, 1.82) is 5.41 Å². The maximum Gasteiger partial charge on any atom is 0.243 e. The lowest BCUT2D eigenvalue weighted by molar-refractivity contribution is -0.152. The first kappa shape index (κ1) is 32.6. The first-order valence-electron chi connectivity index (χ1n) is 14.6. The van der Waals surface area contributed by atoms with Crippen molar-refractivity contribution in [2.24, 2.45) is 5.73 Å². The zero-order valence-electron chi connectivity index (χ0n) is 24.7. The SMILES string of the molecule is CCCCOc1ccccc1.N=C(N)c1csc(C(NC(=O)C2CC3(CN2C(=O)CNC=O)OCCO3)c2ccccc2)c1. The summed E-state index contributed by atoms with van der Waals surface area (Å²) in [6, 6.07) is 19.8. The minimum Gasteiger partial charge on any atom is -0.494 e. The molecule has 0 bridgehead atoms. The van der Waals surface area contributed by atoms with Crippen molar-refractivity contribution >= 4 is 35.4 Å². The molecule has 234 valence electrons. The molecule has 2 aliphatic heterocycles. The van der Waals surface area contributed by atoms with Crippen LogP contribution in [-0.2, 0) is 23.9 Å². The number of rotatable bonds is 12. The van der Waals surface area contributed by atoms with Gasteiger partial charge in [0.15, 0.2) is 5.79 Å². The number of nitrogens with two attached hydrogens (primary N) is 1. The molecule has 2 unspecified atom stereocenters. The molecule has 44 heavy (non-hydrogen) atoms. The predicted octanol–water partition coefficient (Wildman–Crippen LogP) is 3.19. The Labute approximate surface area is 261 Å². The van der Waals surface area contributed by atoms with Crippen LogP contribution < -0.4 is 21.1 Å². The van der Waals surface area contributed by atoms with Gasteiger partial charge in [0.2, 0.25) is 18.2 Å². The molecule has 1 spiro atoms. The number of para-hydroxylation sites is 1. The number of hydrogen-bond acceptors (Lipinski definition) is 8. The highest BCUT2D eigenvalue weighted by molar-refractivity contribution is 7.10. The zero-order valence-corrected chi connectivity index (χ0v) is 25.5. The maximum absolute atomic E-state index is 13.5. The van der Waals surface area contributed by atoms with Gasteiger partial charge in [0.1, 0.15) is 17.6 Å². The summed E-state index contributed by atoms with van der Waals surface area (Å²) < 4.78 is 16.9. The van der Waals surface area contributed by atoms with E-state index in [1.54, 1.807) is 11.4 Å². The Bertz CT molecular complexity index is 1380. The monoisotopic (exact) mass is 621 g/mol. The van der Waals surface area contributed by atoms with Crippen LogP contribution in [-0.4, -0.2) is 73.7 Å². The van der Waals surface area contributed by atoms with E-state index in [-0.39, 0.29) is 31.3 Å². The normalized spacial score (nSPS) is 17.3. The molecule has 3 heterocycles. The molecule has 5 rings (SSSR count). The highest BCUT2D eigenvalue weighted by atomic mass is 32.1. The Kier molecular flexibility index (Phi) is 11.9. The Morgan fingerprint density at radius 2 is 1.84 bits per heavy atom. The molecule has 2 atom stereocenters. The van der Waals surface area contributed by atoms with Crippen LogP contribution in [0.3, 0.4) is 0 Å². The summed E-state index contributed by atoms with van der Waals surface area (Å²) in [5.74, 6) is -0.864. The number of benzene rings is 2. The van der Waals surface area contributed by atoms with E-state index in [0.717, 1.165) is 29.2 Å². The molecule has 11 nitrogen and oxygen atoms in total. The summed E-state index contributed by atoms with van der Waals surface area (Å²) in [6.45, 7) is 3.65. The molecule has 2 aliphatic rings. The summed E-state index contributed by atoms with van der Waals surface area (Å²) in [5.41, 5.74) is 7.05. The summed E-state index contributed by atoms with van der Waals surface area (Å²) in [7, 11) is 0. The standard InChI is InChI=1S/C22H25N5O5S.C10H14O/c23-20(24)15-8-17(33-11-15)19(14-4-2-1-3-5-14)26-21(30)16-9-22(31-6-7-32-22)12-27(16)18(29)10-25-13-28;1-2-3-9-11-10-7-5-4-6-8-10/h1-5,8,11,13,16,19H,6-7,9-10,12H2,(H3,23,24)(H,25,28)(H,26,30);4-8H,2-3,9H2,1H3. The summed E-state index contributed by atoms with van der Waals surface area (Å²) in [6.07, 6.45) is 2.95. The van der Waals surface area contributed by atoms with Crippen LogP contribution in [0.2, 0.25) is 0 Å². The average Bonchev–Trinajstić information content (AvgIpc) is 3.81. The Balaban J connectivity index is 0.000000339. The second-order valence-corrected chi connectivity index (χ2v) is 11.3. The van der Waals surface area contributed by atoms with E-state index < -0.39 is 23.8 Å². The number of hydrogen-bond donors (Lipinski definition) is 4. The summed E-state index contributed by atoms with van der Waals surface area (Å²) in [4.78, 5) is 39.1. The number of thiophene rings is 1. The molecular formula is C32H39N5O6S. The molecule has 0 radical (unpaired) electrons. The van der Waals surface area contributed by atoms with Gasteiger partial charge < -0.3 is 35.5 Å². The van der Waals surface area contributed by atoms with Crippen LogP contribution in [0.4, 0.5) is 0 Å². The van der Waals surface area contributed by atoms with Crippen LogP contribution in [0.1, 0.15) is 48.2 Å². The fourth-order valence-corrected chi connectivity index (χ4v) is 5.96. The topological polar surface area (TPSA) is 156 Å². The summed E-state index contributed by atoms with van der Waals surface area (Å²) >= 11 is 1.39. The Morgan fingerprint density at radius 3 is 2.45 bits per heavy atom. The smallest absolute Gasteiger partial charge is 0.243 e. The van der Waals surface area contributed by atoms with Crippen molar-refractivity contribution in [1.82, 2.24) is 15.5 Å². The first-order valence-corrected chi connectivity index (χ1v) is 15.4. The van der Waals surface area contributed by atoms with Gasteiger partial charge in [-0.15, -0.1) is 11.3 Å². The maximum atomic E-state index is 13.5. The van der Waals surface area contributed by atoms with Gasteiger partial charge in [-0.3, -0.25) is 19.8 Å². The molecule has 12 heteroatoms. The van der Waals surface area contributed by atoms with Gasteiger partial charge in [-0.2, -0.15) is 0 Å². The Hall–Kier alpha value is -4.26. The third kappa shape index (κ3) is 8.65. The molecule has 3 aromatic rings. The van der Waals surface area contributed by atoms with E-state index in [1.807, 2.05) is 60.7 Å². The number of likely N-dealkylation sites (tertiary alicyclic amines) is 1. The lowest BCUT2D eigenvalue weighted by atomic mass is 10.0. The van der Waals surface area contributed by atoms with Gasteiger partial charge in [0, 0.05) is 22.2 Å². The van der Waals surface area contributed by atoms with Gasteiger partial charge in [-0.1, -0.05) is 61.9 Å². The van der Waals surface area contributed by atoms with Gasteiger partial charge in [0.05, 0.1) is 39.0 Å². The van der Waals surface area contributed by atoms with Crippen LogP contribution in [0.15, 0.2) is 72.1 Å². The third-order valence-corrected chi connectivity index (χ3v) is 8.21. The number of ether oxygens (including phenoxy) is 3. The zero-order chi connectivity index (χ0) is 31.4.